The molecule has 0 N–H and O–H groups in total. The summed E-state index contributed by atoms with van der Waals surface area (Å²) in [6.07, 6.45) is 4.02. The Morgan fingerprint density at radius 1 is 0.283 bits per heavy atom. The molecule has 1 aromatic heterocycles. The lowest BCUT2D eigenvalue weighted by Crippen LogP contribution is -1.96. The maximum atomic E-state index is 4.77. The monoisotopic (exact) mass is 583 g/mol. The highest BCUT2D eigenvalue weighted by Gasteiger charge is 2.23. The van der Waals surface area contributed by atoms with Crippen molar-refractivity contribution in [2.75, 3.05) is 0 Å². The first-order valence-electron chi connectivity index (χ1n) is 15.8. The molecule has 0 bridgehead atoms. The average molecular weight is 584 g/mol. The van der Waals surface area contributed by atoms with Crippen molar-refractivity contribution in [1.82, 2.24) is 4.98 Å². The molecule has 0 aliphatic rings. The van der Waals surface area contributed by atoms with Crippen LogP contribution in [-0.4, -0.2) is 4.98 Å². The topological polar surface area (TPSA) is 12.9 Å². The molecule has 9 rings (SSSR count). The number of aromatic nitrogens is 1. The summed E-state index contributed by atoms with van der Waals surface area (Å²) in [5.41, 5.74) is 9.82. The maximum absolute atomic E-state index is 4.77. The number of hydrogen-bond acceptors (Lipinski definition) is 1. The Morgan fingerprint density at radius 3 is 1.22 bits per heavy atom. The molecular formula is C45H29N. The van der Waals surface area contributed by atoms with Crippen LogP contribution >= 0.6 is 0 Å². The lowest BCUT2D eigenvalue weighted by Gasteiger charge is -2.23. The van der Waals surface area contributed by atoms with Crippen molar-refractivity contribution in [2.24, 2.45) is 0 Å². The summed E-state index contributed by atoms with van der Waals surface area (Å²) in [7, 11) is 0. The third-order valence-electron chi connectivity index (χ3n) is 9.35. The molecule has 0 atom stereocenters. The molecule has 8 aromatic carbocycles. The highest BCUT2D eigenvalue weighted by atomic mass is 14.6. The largest absolute Gasteiger partial charge is 0.264 e. The van der Waals surface area contributed by atoms with Crippen LogP contribution in [0.4, 0.5) is 0 Å². The minimum atomic E-state index is 1.15. The fraction of sp³-hybridized carbons (Fsp3) is 0. The van der Waals surface area contributed by atoms with Gasteiger partial charge >= 0.3 is 0 Å². The van der Waals surface area contributed by atoms with E-state index in [2.05, 4.69) is 170 Å². The molecule has 1 heterocycles. The van der Waals surface area contributed by atoms with Gasteiger partial charge in [0.2, 0.25) is 0 Å². The van der Waals surface area contributed by atoms with Crippen LogP contribution in [0.15, 0.2) is 176 Å². The van der Waals surface area contributed by atoms with Gasteiger partial charge in [0.15, 0.2) is 0 Å². The van der Waals surface area contributed by atoms with Crippen LogP contribution in [0.3, 0.4) is 0 Å². The number of pyridine rings is 1. The van der Waals surface area contributed by atoms with Crippen LogP contribution in [0.25, 0.3) is 87.6 Å². The first-order chi connectivity index (χ1) is 22.9. The predicted molar refractivity (Wildman–Crippen MR) is 196 cm³/mol. The van der Waals surface area contributed by atoms with Crippen molar-refractivity contribution in [3.05, 3.63) is 176 Å². The van der Waals surface area contributed by atoms with Crippen molar-refractivity contribution in [2.45, 2.75) is 0 Å². The Hall–Kier alpha value is -6.05. The van der Waals surface area contributed by atoms with Crippen molar-refractivity contribution in [1.29, 1.82) is 0 Å². The third-order valence-corrected chi connectivity index (χ3v) is 9.35. The van der Waals surface area contributed by atoms with E-state index >= 15 is 0 Å². The summed E-state index contributed by atoms with van der Waals surface area (Å²) < 4.78 is 0. The Morgan fingerprint density at radius 2 is 0.696 bits per heavy atom. The van der Waals surface area contributed by atoms with E-state index in [1.807, 2.05) is 6.20 Å². The Kier molecular flexibility index (Phi) is 6.21. The lowest BCUT2D eigenvalue weighted by atomic mass is 9.80. The molecule has 214 valence electrons. The fourth-order valence-electron chi connectivity index (χ4n) is 7.36. The lowest BCUT2D eigenvalue weighted by molar-refractivity contribution is 1.37. The van der Waals surface area contributed by atoms with E-state index in [0.29, 0.717) is 0 Å². The zero-order valence-electron chi connectivity index (χ0n) is 25.2. The molecule has 1 nitrogen and oxygen atoms in total. The molecule has 0 saturated carbocycles. The normalized spacial score (nSPS) is 11.5. The Balaban J connectivity index is 1.50. The summed E-state index contributed by atoms with van der Waals surface area (Å²) in [5, 5.41) is 9.74. The van der Waals surface area contributed by atoms with E-state index < -0.39 is 0 Å². The molecule has 0 spiro atoms. The van der Waals surface area contributed by atoms with Gasteiger partial charge in [-0.1, -0.05) is 158 Å². The van der Waals surface area contributed by atoms with E-state index in [-0.39, 0.29) is 0 Å². The minimum Gasteiger partial charge on any atom is -0.264 e. The molecule has 1 heteroatoms. The first-order valence-corrected chi connectivity index (χ1v) is 15.8. The second kappa shape index (κ2) is 10.8. The minimum absolute atomic E-state index is 1.15. The van der Waals surface area contributed by atoms with E-state index in [9.17, 15) is 0 Å². The van der Waals surface area contributed by atoms with Crippen molar-refractivity contribution >= 4 is 43.1 Å². The Labute approximate surface area is 268 Å². The molecule has 0 saturated heterocycles. The zero-order valence-corrected chi connectivity index (χ0v) is 25.2. The maximum Gasteiger partial charge on any atom is 0.0353 e. The van der Waals surface area contributed by atoms with E-state index in [4.69, 9.17) is 4.98 Å². The molecular weight excluding hydrogens is 555 g/mol. The summed E-state index contributed by atoms with van der Waals surface area (Å²) >= 11 is 0. The van der Waals surface area contributed by atoms with E-state index in [1.165, 1.54) is 82.2 Å². The molecule has 0 unspecified atom stereocenters. The fourth-order valence-corrected chi connectivity index (χ4v) is 7.36. The summed E-state index contributed by atoms with van der Waals surface area (Å²) in [5.74, 6) is 0. The molecule has 9 aromatic rings. The van der Waals surface area contributed by atoms with Crippen molar-refractivity contribution < 1.29 is 0 Å². The number of nitrogens with zero attached hydrogens (tertiary/aromatic N) is 1. The molecule has 46 heavy (non-hydrogen) atoms. The van der Waals surface area contributed by atoms with Crippen LogP contribution in [0.1, 0.15) is 0 Å². The molecule has 0 amide bonds. The van der Waals surface area contributed by atoms with Gasteiger partial charge in [-0.2, -0.15) is 0 Å². The van der Waals surface area contributed by atoms with Gasteiger partial charge in [0.05, 0.1) is 0 Å². The van der Waals surface area contributed by atoms with Crippen LogP contribution in [0, 0.1) is 0 Å². The number of benzene rings is 8. The van der Waals surface area contributed by atoms with Crippen LogP contribution < -0.4 is 0 Å². The third kappa shape index (κ3) is 4.13. The second-order valence-electron chi connectivity index (χ2n) is 11.9. The van der Waals surface area contributed by atoms with Gasteiger partial charge in [-0.3, -0.25) is 4.98 Å². The van der Waals surface area contributed by atoms with Crippen molar-refractivity contribution in [3.8, 4) is 44.5 Å². The molecule has 0 fully saturated rings. The highest BCUT2D eigenvalue weighted by molar-refractivity contribution is 6.27. The number of hydrogen-bond donors (Lipinski definition) is 0. The van der Waals surface area contributed by atoms with Gasteiger partial charge < -0.3 is 0 Å². The van der Waals surface area contributed by atoms with Crippen LogP contribution in [0.5, 0.6) is 0 Å². The predicted octanol–water partition coefficient (Wildman–Crippen LogP) is 12.4. The van der Waals surface area contributed by atoms with Gasteiger partial charge in [-0.25, -0.2) is 0 Å². The van der Waals surface area contributed by atoms with E-state index in [0.717, 1.165) is 5.39 Å². The van der Waals surface area contributed by atoms with Gasteiger partial charge in [-0.05, 0) is 82.7 Å². The van der Waals surface area contributed by atoms with Gasteiger partial charge in [0, 0.05) is 23.3 Å². The first kappa shape index (κ1) is 26.4. The van der Waals surface area contributed by atoms with Crippen LogP contribution in [-0.2, 0) is 0 Å². The summed E-state index contributed by atoms with van der Waals surface area (Å²) in [6.45, 7) is 0. The van der Waals surface area contributed by atoms with Gasteiger partial charge in [-0.15, -0.1) is 0 Å². The van der Waals surface area contributed by atoms with Gasteiger partial charge in [0.1, 0.15) is 0 Å². The van der Waals surface area contributed by atoms with E-state index in [1.54, 1.807) is 0 Å². The number of rotatable bonds is 4. The van der Waals surface area contributed by atoms with Gasteiger partial charge in [0.25, 0.3) is 0 Å². The quantitative estimate of drug-likeness (QED) is 0.188. The molecule has 0 aliphatic carbocycles. The smallest absolute Gasteiger partial charge is 0.0353 e. The second-order valence-corrected chi connectivity index (χ2v) is 11.9. The number of fused-ring (bicyclic) bond motifs is 4. The summed E-state index contributed by atoms with van der Waals surface area (Å²) in [6, 6.07) is 59.3. The SMILES string of the molecule is c1ccc(-c2ccc3ccccc3c2-c2c3ccccc3c(-c3c(-c4ccccc4)ccc4ccccc34)c3cnccc23)cc1. The standard InChI is InChI=1S/C45H29N/c1-3-13-30(14-4-1)36-25-23-32-17-7-9-19-34(32)42(36)44-38-21-11-12-22-39(38)45(41-29-46-28-27-40(41)44)43-35-20-10-8-18-33(35)24-26-37(43)31-15-5-2-6-16-31/h1-29H. The van der Waals surface area contributed by atoms with Crippen LogP contribution in [0.2, 0.25) is 0 Å². The average Bonchev–Trinajstić information content (AvgIpc) is 3.14. The summed E-state index contributed by atoms with van der Waals surface area (Å²) in [4.78, 5) is 4.77. The highest BCUT2D eigenvalue weighted by Crippen LogP contribution is 2.50. The van der Waals surface area contributed by atoms with Crippen molar-refractivity contribution in [3.63, 3.8) is 0 Å². The molecule has 0 radical (unpaired) electrons. The molecule has 0 aliphatic heterocycles. The zero-order chi connectivity index (χ0) is 30.5. The Bertz CT molecular complexity index is 2330.